The lowest BCUT2D eigenvalue weighted by Crippen LogP contribution is -2.04. The zero-order chi connectivity index (χ0) is 15.0. The van der Waals surface area contributed by atoms with E-state index in [9.17, 15) is 9.90 Å². The van der Waals surface area contributed by atoms with Crippen LogP contribution in [0.1, 0.15) is 21.5 Å². The van der Waals surface area contributed by atoms with E-state index in [0.717, 1.165) is 16.8 Å². The van der Waals surface area contributed by atoms with E-state index < -0.39 is 5.97 Å². The van der Waals surface area contributed by atoms with Crippen LogP contribution in [0.15, 0.2) is 47.2 Å². The minimum absolute atomic E-state index is 0.116. The fourth-order valence-corrected chi connectivity index (χ4v) is 2.38. The molecule has 0 amide bonds. The molecule has 0 saturated carbocycles. The van der Waals surface area contributed by atoms with Gasteiger partial charge in [-0.2, -0.15) is 5.10 Å². The number of rotatable bonds is 3. The van der Waals surface area contributed by atoms with E-state index in [-0.39, 0.29) is 5.56 Å². The molecule has 0 atom stereocenters. The Labute approximate surface area is 121 Å². The molecule has 3 aromatic rings. The zero-order valence-electron chi connectivity index (χ0n) is 11.7. The molecule has 0 aliphatic rings. The minimum atomic E-state index is -1.03. The van der Waals surface area contributed by atoms with Crippen LogP contribution in [0.25, 0.3) is 17.1 Å². The van der Waals surface area contributed by atoms with Crippen molar-refractivity contribution in [2.75, 3.05) is 0 Å². The summed E-state index contributed by atoms with van der Waals surface area (Å²) in [6.07, 6.45) is 2.86. The molecule has 3 rings (SSSR count). The van der Waals surface area contributed by atoms with Gasteiger partial charge in [-0.1, -0.05) is 17.7 Å². The lowest BCUT2D eigenvalue weighted by molar-refractivity contribution is 0.0697. The van der Waals surface area contributed by atoms with Crippen molar-refractivity contribution in [2.45, 2.75) is 13.8 Å². The normalized spacial score (nSPS) is 10.8. The van der Waals surface area contributed by atoms with Gasteiger partial charge in [0.2, 0.25) is 0 Å². The third-order valence-electron chi connectivity index (χ3n) is 3.33. The lowest BCUT2D eigenvalue weighted by Gasteiger charge is -2.10. The Balaban J connectivity index is 2.26. The predicted octanol–water partition coefficient (Wildman–Crippen LogP) is 3.45. The number of carbonyl (C=O) groups is 1. The molecule has 0 spiro atoms. The molecule has 1 N–H and O–H groups in total. The van der Waals surface area contributed by atoms with Crippen molar-refractivity contribution in [1.82, 2.24) is 9.78 Å². The van der Waals surface area contributed by atoms with Crippen molar-refractivity contribution < 1.29 is 14.3 Å². The largest absolute Gasteiger partial charge is 0.478 e. The third kappa shape index (κ3) is 2.23. The van der Waals surface area contributed by atoms with Gasteiger partial charge in [0, 0.05) is 0 Å². The van der Waals surface area contributed by atoms with Crippen LogP contribution < -0.4 is 0 Å². The lowest BCUT2D eigenvalue weighted by atomic mass is 10.1. The topological polar surface area (TPSA) is 68.3 Å². The molecule has 106 valence electrons. The molecule has 0 fully saturated rings. The standard InChI is InChI=1S/C16H14N2O3/c1-10-5-6-13(11(2)8-10)18-15(14-4-3-7-21-14)12(9-17-18)16(19)20/h3-9H,1-2H3,(H,19,20). The monoisotopic (exact) mass is 282 g/mol. The van der Waals surface area contributed by atoms with Gasteiger partial charge in [-0.3, -0.25) is 0 Å². The molecule has 0 unspecified atom stereocenters. The van der Waals surface area contributed by atoms with Crippen molar-refractivity contribution in [3.8, 4) is 17.1 Å². The Bertz CT molecular complexity index is 801. The van der Waals surface area contributed by atoms with Crippen LogP contribution in [-0.2, 0) is 0 Å². The Kier molecular flexibility index (Phi) is 3.10. The first kappa shape index (κ1) is 13.2. The van der Waals surface area contributed by atoms with Crippen LogP contribution in [-0.4, -0.2) is 20.9 Å². The van der Waals surface area contributed by atoms with Gasteiger partial charge in [0.25, 0.3) is 0 Å². The first-order valence-corrected chi connectivity index (χ1v) is 6.51. The van der Waals surface area contributed by atoms with Crippen LogP contribution >= 0.6 is 0 Å². The van der Waals surface area contributed by atoms with E-state index in [1.54, 1.807) is 16.8 Å². The average Bonchev–Trinajstić information content (AvgIpc) is 3.06. The van der Waals surface area contributed by atoms with Crippen molar-refractivity contribution in [3.05, 3.63) is 59.5 Å². The number of hydrogen-bond acceptors (Lipinski definition) is 3. The number of aromatic nitrogens is 2. The highest BCUT2D eigenvalue weighted by Gasteiger charge is 2.21. The Hall–Kier alpha value is -2.82. The number of benzene rings is 1. The maximum atomic E-state index is 11.4. The molecular weight excluding hydrogens is 268 g/mol. The van der Waals surface area contributed by atoms with Crippen molar-refractivity contribution in [2.24, 2.45) is 0 Å². The molecule has 0 aliphatic heterocycles. The van der Waals surface area contributed by atoms with Crippen molar-refractivity contribution in [1.29, 1.82) is 0 Å². The van der Waals surface area contributed by atoms with E-state index in [1.165, 1.54) is 12.5 Å². The number of hydrogen-bond donors (Lipinski definition) is 1. The fourth-order valence-electron chi connectivity index (χ4n) is 2.38. The summed E-state index contributed by atoms with van der Waals surface area (Å²) in [5.74, 6) is -0.553. The molecular formula is C16H14N2O3. The molecule has 5 nitrogen and oxygen atoms in total. The Morgan fingerprint density at radius 1 is 1.29 bits per heavy atom. The summed E-state index contributed by atoms with van der Waals surface area (Å²) in [5, 5.41) is 13.6. The average molecular weight is 282 g/mol. The van der Waals surface area contributed by atoms with Gasteiger partial charge in [-0.15, -0.1) is 0 Å². The smallest absolute Gasteiger partial charge is 0.339 e. The zero-order valence-corrected chi connectivity index (χ0v) is 11.7. The summed E-state index contributed by atoms with van der Waals surface area (Å²) < 4.78 is 6.98. The van der Waals surface area contributed by atoms with E-state index >= 15 is 0 Å². The fraction of sp³-hybridized carbons (Fsp3) is 0.125. The highest BCUT2D eigenvalue weighted by atomic mass is 16.4. The first-order valence-electron chi connectivity index (χ1n) is 6.51. The van der Waals surface area contributed by atoms with Crippen molar-refractivity contribution in [3.63, 3.8) is 0 Å². The van der Waals surface area contributed by atoms with Crippen LogP contribution in [0.3, 0.4) is 0 Å². The molecule has 0 aliphatic carbocycles. The highest BCUT2D eigenvalue weighted by Crippen LogP contribution is 2.28. The summed E-state index contributed by atoms with van der Waals surface area (Å²) in [4.78, 5) is 11.4. The van der Waals surface area contributed by atoms with Gasteiger partial charge in [0.1, 0.15) is 11.3 Å². The summed E-state index contributed by atoms with van der Waals surface area (Å²) >= 11 is 0. The number of furan rings is 1. The van der Waals surface area contributed by atoms with Gasteiger partial charge in [-0.05, 0) is 37.6 Å². The Morgan fingerprint density at radius 2 is 2.10 bits per heavy atom. The second-order valence-corrected chi connectivity index (χ2v) is 4.89. The molecule has 0 bridgehead atoms. The molecule has 21 heavy (non-hydrogen) atoms. The van der Waals surface area contributed by atoms with Crippen LogP contribution in [0.5, 0.6) is 0 Å². The van der Waals surface area contributed by atoms with Gasteiger partial charge in [0.15, 0.2) is 5.76 Å². The van der Waals surface area contributed by atoms with E-state index in [0.29, 0.717) is 11.5 Å². The SMILES string of the molecule is Cc1ccc(-n2ncc(C(=O)O)c2-c2ccco2)c(C)c1. The summed E-state index contributed by atoms with van der Waals surface area (Å²) in [7, 11) is 0. The second kappa shape index (κ2) is 4.94. The van der Waals surface area contributed by atoms with Crippen LogP contribution in [0.4, 0.5) is 0 Å². The molecule has 0 saturated heterocycles. The molecule has 0 radical (unpaired) electrons. The molecule has 1 aromatic carbocycles. The highest BCUT2D eigenvalue weighted by molar-refractivity contribution is 5.94. The second-order valence-electron chi connectivity index (χ2n) is 4.89. The van der Waals surface area contributed by atoms with E-state index in [1.807, 2.05) is 32.0 Å². The van der Waals surface area contributed by atoms with Crippen LogP contribution in [0.2, 0.25) is 0 Å². The third-order valence-corrected chi connectivity index (χ3v) is 3.33. The van der Waals surface area contributed by atoms with Gasteiger partial charge in [0.05, 0.1) is 18.1 Å². The molecule has 2 heterocycles. The maximum absolute atomic E-state index is 11.4. The van der Waals surface area contributed by atoms with E-state index in [4.69, 9.17) is 4.42 Å². The van der Waals surface area contributed by atoms with Crippen molar-refractivity contribution >= 4 is 5.97 Å². The molecule has 5 heteroatoms. The van der Waals surface area contributed by atoms with E-state index in [2.05, 4.69) is 5.10 Å². The molecule has 2 aromatic heterocycles. The maximum Gasteiger partial charge on any atom is 0.339 e. The number of aromatic carboxylic acids is 1. The van der Waals surface area contributed by atoms with Crippen LogP contribution in [0, 0.1) is 13.8 Å². The number of carboxylic acid groups (broad SMARTS) is 1. The quantitative estimate of drug-likeness (QED) is 0.799. The van der Waals surface area contributed by atoms with Gasteiger partial charge >= 0.3 is 5.97 Å². The number of nitrogens with zero attached hydrogens (tertiary/aromatic N) is 2. The Morgan fingerprint density at radius 3 is 2.71 bits per heavy atom. The van der Waals surface area contributed by atoms with Gasteiger partial charge in [-0.25, -0.2) is 9.48 Å². The summed E-state index contributed by atoms with van der Waals surface area (Å²) in [5.41, 5.74) is 3.55. The minimum Gasteiger partial charge on any atom is -0.478 e. The number of carboxylic acids is 1. The predicted molar refractivity (Wildman–Crippen MR) is 77.7 cm³/mol. The first-order chi connectivity index (χ1) is 10.1. The number of aryl methyl sites for hydroxylation is 2. The summed E-state index contributed by atoms with van der Waals surface area (Å²) in [6, 6.07) is 9.37. The van der Waals surface area contributed by atoms with Gasteiger partial charge < -0.3 is 9.52 Å². The summed E-state index contributed by atoms with van der Waals surface area (Å²) in [6.45, 7) is 3.98.